The molecule has 21 heavy (non-hydrogen) atoms. The summed E-state index contributed by atoms with van der Waals surface area (Å²) in [6.45, 7) is 5.55. The highest BCUT2D eigenvalue weighted by atomic mass is 16.7. The summed E-state index contributed by atoms with van der Waals surface area (Å²) < 4.78 is 11.9. The van der Waals surface area contributed by atoms with E-state index in [-0.39, 0.29) is 6.29 Å². The van der Waals surface area contributed by atoms with Crippen LogP contribution in [0.4, 0.5) is 0 Å². The van der Waals surface area contributed by atoms with Crippen molar-refractivity contribution in [1.29, 1.82) is 5.26 Å². The molecule has 1 saturated heterocycles. The first-order valence-electron chi connectivity index (χ1n) is 8.87. The second-order valence-corrected chi connectivity index (χ2v) is 7.06. The van der Waals surface area contributed by atoms with Gasteiger partial charge in [-0.3, -0.25) is 0 Å². The Hall–Kier alpha value is -0.590. The predicted octanol–water partition coefficient (Wildman–Crippen LogP) is 4.67. The molecule has 2 rings (SSSR count). The molecular weight excluding hydrogens is 262 g/mol. The quantitative estimate of drug-likeness (QED) is 0.715. The molecule has 0 aromatic rings. The van der Waals surface area contributed by atoms with Crippen LogP contribution in [0.25, 0.3) is 0 Å². The molecule has 0 radical (unpaired) electrons. The Labute approximate surface area is 130 Å². The molecule has 0 aromatic carbocycles. The zero-order chi connectivity index (χ0) is 15.1. The van der Waals surface area contributed by atoms with E-state index in [4.69, 9.17) is 9.47 Å². The summed E-state index contributed by atoms with van der Waals surface area (Å²) in [5.74, 6) is 1.46. The van der Waals surface area contributed by atoms with Crippen molar-refractivity contribution in [2.75, 3.05) is 13.2 Å². The van der Waals surface area contributed by atoms with Crippen LogP contribution in [0.5, 0.6) is 0 Å². The summed E-state index contributed by atoms with van der Waals surface area (Å²) in [6.07, 6.45) is 10.8. The van der Waals surface area contributed by atoms with Crippen LogP contribution in [0.1, 0.15) is 71.6 Å². The van der Waals surface area contributed by atoms with Gasteiger partial charge in [0.1, 0.15) is 5.41 Å². The van der Waals surface area contributed by atoms with Gasteiger partial charge in [0, 0.05) is 5.92 Å². The second kappa shape index (κ2) is 8.15. The Morgan fingerprint density at radius 1 is 1.05 bits per heavy atom. The van der Waals surface area contributed by atoms with Gasteiger partial charge in [0.2, 0.25) is 0 Å². The van der Waals surface area contributed by atoms with Crippen molar-refractivity contribution in [1.82, 2.24) is 0 Å². The molecule has 2 aliphatic rings. The van der Waals surface area contributed by atoms with Crippen LogP contribution in [-0.4, -0.2) is 19.5 Å². The van der Waals surface area contributed by atoms with Crippen LogP contribution in [0.2, 0.25) is 0 Å². The van der Waals surface area contributed by atoms with Crippen LogP contribution >= 0.6 is 0 Å². The van der Waals surface area contributed by atoms with E-state index in [9.17, 15) is 5.26 Å². The molecule has 2 fully saturated rings. The Morgan fingerprint density at radius 3 is 2.24 bits per heavy atom. The van der Waals surface area contributed by atoms with Gasteiger partial charge in [-0.05, 0) is 38.0 Å². The zero-order valence-electron chi connectivity index (χ0n) is 13.8. The molecule has 1 aliphatic carbocycles. The first kappa shape index (κ1) is 16.8. The van der Waals surface area contributed by atoms with Crippen molar-refractivity contribution in [2.45, 2.75) is 77.9 Å². The smallest absolute Gasteiger partial charge is 0.160 e. The molecule has 0 unspecified atom stereocenters. The van der Waals surface area contributed by atoms with Gasteiger partial charge in [-0.1, -0.05) is 39.5 Å². The maximum absolute atomic E-state index is 9.45. The van der Waals surface area contributed by atoms with Gasteiger partial charge in [-0.2, -0.15) is 5.26 Å². The lowest BCUT2D eigenvalue weighted by atomic mass is 9.79. The molecule has 3 heteroatoms. The van der Waals surface area contributed by atoms with E-state index in [2.05, 4.69) is 19.9 Å². The number of nitriles is 1. The summed E-state index contributed by atoms with van der Waals surface area (Å²) in [7, 11) is 0. The summed E-state index contributed by atoms with van der Waals surface area (Å²) in [5.41, 5.74) is -0.397. The highest BCUT2D eigenvalue weighted by Gasteiger charge is 2.40. The van der Waals surface area contributed by atoms with E-state index in [1.54, 1.807) is 0 Å². The van der Waals surface area contributed by atoms with E-state index >= 15 is 0 Å². The molecule has 0 atom stereocenters. The van der Waals surface area contributed by atoms with E-state index in [1.165, 1.54) is 38.5 Å². The number of hydrogen-bond donors (Lipinski definition) is 0. The third kappa shape index (κ3) is 4.44. The molecule has 1 heterocycles. The van der Waals surface area contributed by atoms with E-state index in [1.807, 2.05) is 0 Å². The maximum Gasteiger partial charge on any atom is 0.160 e. The SMILES string of the molecule is CCCCC1(C#N)COC(C2CCC(CCC)CC2)OC1. The molecule has 0 N–H and O–H groups in total. The van der Waals surface area contributed by atoms with Gasteiger partial charge >= 0.3 is 0 Å². The Morgan fingerprint density at radius 2 is 1.71 bits per heavy atom. The molecule has 3 nitrogen and oxygen atoms in total. The molecule has 120 valence electrons. The average Bonchev–Trinajstić information content (AvgIpc) is 2.55. The molecule has 1 saturated carbocycles. The van der Waals surface area contributed by atoms with Crippen molar-refractivity contribution >= 4 is 0 Å². The largest absolute Gasteiger partial charge is 0.351 e. The fraction of sp³-hybridized carbons (Fsp3) is 0.944. The van der Waals surface area contributed by atoms with Crippen molar-refractivity contribution in [3.63, 3.8) is 0 Å². The lowest BCUT2D eigenvalue weighted by molar-refractivity contribution is -0.244. The van der Waals surface area contributed by atoms with Gasteiger partial charge < -0.3 is 9.47 Å². The zero-order valence-corrected chi connectivity index (χ0v) is 13.8. The monoisotopic (exact) mass is 293 g/mol. The lowest BCUT2D eigenvalue weighted by Crippen LogP contribution is -2.44. The Bertz CT molecular complexity index is 334. The predicted molar refractivity (Wildman–Crippen MR) is 83.6 cm³/mol. The van der Waals surface area contributed by atoms with Gasteiger partial charge in [0.15, 0.2) is 6.29 Å². The second-order valence-electron chi connectivity index (χ2n) is 7.06. The molecule has 1 aliphatic heterocycles. The molecule has 0 spiro atoms. The molecule has 0 aromatic heterocycles. The lowest BCUT2D eigenvalue weighted by Gasteiger charge is -2.40. The number of rotatable bonds is 6. The van der Waals surface area contributed by atoms with Crippen LogP contribution < -0.4 is 0 Å². The van der Waals surface area contributed by atoms with Crippen molar-refractivity contribution in [3.05, 3.63) is 0 Å². The summed E-state index contributed by atoms with van der Waals surface area (Å²) >= 11 is 0. The first-order valence-corrected chi connectivity index (χ1v) is 8.87. The Kier molecular flexibility index (Phi) is 6.51. The summed E-state index contributed by atoms with van der Waals surface area (Å²) in [6, 6.07) is 2.45. The van der Waals surface area contributed by atoms with Crippen LogP contribution in [0.3, 0.4) is 0 Å². The third-order valence-electron chi connectivity index (χ3n) is 5.27. The minimum absolute atomic E-state index is 0.0596. The van der Waals surface area contributed by atoms with Crippen LogP contribution in [-0.2, 0) is 9.47 Å². The minimum atomic E-state index is -0.397. The van der Waals surface area contributed by atoms with Crippen LogP contribution in [0.15, 0.2) is 0 Å². The van der Waals surface area contributed by atoms with E-state index in [0.29, 0.717) is 19.1 Å². The number of hydrogen-bond acceptors (Lipinski definition) is 3. The van der Waals surface area contributed by atoms with Crippen molar-refractivity contribution in [2.24, 2.45) is 17.3 Å². The number of ether oxygens (including phenoxy) is 2. The maximum atomic E-state index is 9.45. The van der Waals surface area contributed by atoms with Gasteiger partial charge in [-0.15, -0.1) is 0 Å². The fourth-order valence-corrected chi connectivity index (χ4v) is 3.78. The first-order chi connectivity index (χ1) is 10.2. The average molecular weight is 293 g/mol. The van der Waals surface area contributed by atoms with Gasteiger partial charge in [0.05, 0.1) is 19.3 Å². The highest BCUT2D eigenvalue weighted by molar-refractivity contribution is 5.00. The van der Waals surface area contributed by atoms with Gasteiger partial charge in [-0.25, -0.2) is 0 Å². The molecule has 0 bridgehead atoms. The molecule has 0 amide bonds. The highest BCUT2D eigenvalue weighted by Crippen LogP contribution is 2.38. The van der Waals surface area contributed by atoms with Crippen molar-refractivity contribution in [3.8, 4) is 6.07 Å². The minimum Gasteiger partial charge on any atom is -0.351 e. The fourth-order valence-electron chi connectivity index (χ4n) is 3.78. The Balaban J connectivity index is 1.78. The van der Waals surface area contributed by atoms with E-state index in [0.717, 1.165) is 25.2 Å². The summed E-state index contributed by atoms with van der Waals surface area (Å²) in [4.78, 5) is 0. The van der Waals surface area contributed by atoms with Crippen LogP contribution in [0, 0.1) is 28.6 Å². The topological polar surface area (TPSA) is 42.2 Å². The van der Waals surface area contributed by atoms with Crippen molar-refractivity contribution < 1.29 is 9.47 Å². The summed E-state index contributed by atoms with van der Waals surface area (Å²) in [5, 5.41) is 9.45. The number of unbranched alkanes of at least 4 members (excludes halogenated alkanes) is 1. The standard InChI is InChI=1S/C18H31NO2/c1-3-5-11-18(12-19)13-20-17(21-14-18)16-9-7-15(6-4-2)8-10-16/h15-17H,3-11,13-14H2,1-2H3. The number of nitrogens with zero attached hydrogens (tertiary/aromatic N) is 1. The molecular formula is C18H31NO2. The van der Waals surface area contributed by atoms with Gasteiger partial charge in [0.25, 0.3) is 0 Å². The third-order valence-corrected chi connectivity index (χ3v) is 5.27. The normalized spacial score (nSPS) is 37.1. The van der Waals surface area contributed by atoms with E-state index < -0.39 is 5.41 Å².